The van der Waals surface area contributed by atoms with Gasteiger partial charge in [0, 0.05) is 0 Å². The fourth-order valence-corrected chi connectivity index (χ4v) is 1.69. The Morgan fingerprint density at radius 1 is 0.895 bits per heavy atom. The van der Waals surface area contributed by atoms with E-state index in [0.29, 0.717) is 12.4 Å². The van der Waals surface area contributed by atoms with Gasteiger partial charge in [0.2, 0.25) is 0 Å². The molecule has 0 aromatic heterocycles. The number of aryl methyl sites for hydroxylation is 1. The van der Waals surface area contributed by atoms with E-state index in [1.807, 2.05) is 24.3 Å². The third-order valence-electron chi connectivity index (χ3n) is 2.62. The first-order valence-corrected chi connectivity index (χ1v) is 6.28. The average Bonchev–Trinajstić information content (AvgIpc) is 2.46. The number of rotatable bonds is 5. The highest BCUT2D eigenvalue weighted by molar-refractivity contribution is 5.63. The van der Waals surface area contributed by atoms with Crippen LogP contribution in [-0.4, -0.2) is 12.8 Å². The van der Waals surface area contributed by atoms with Crippen molar-refractivity contribution >= 4 is 6.16 Å². The van der Waals surface area contributed by atoms with Crippen LogP contribution in [-0.2, 0) is 11.2 Å². The highest BCUT2D eigenvalue weighted by atomic mass is 16.7. The lowest BCUT2D eigenvalue weighted by molar-refractivity contribution is 0.0981. The van der Waals surface area contributed by atoms with Gasteiger partial charge < -0.3 is 9.47 Å². The van der Waals surface area contributed by atoms with Gasteiger partial charge in [-0.2, -0.15) is 0 Å². The molecule has 0 bridgehead atoms. The highest BCUT2D eigenvalue weighted by Crippen LogP contribution is 2.09. The molecule has 0 saturated heterocycles. The summed E-state index contributed by atoms with van der Waals surface area (Å²) in [6.07, 6.45) is 1.02. The summed E-state index contributed by atoms with van der Waals surface area (Å²) in [5.41, 5.74) is 1.24. The van der Waals surface area contributed by atoms with Crippen LogP contribution in [0.2, 0.25) is 0 Å². The van der Waals surface area contributed by atoms with Crippen molar-refractivity contribution in [1.82, 2.24) is 0 Å². The fraction of sp³-hybridized carbons (Fsp3) is 0.188. The number of hydrogen-bond acceptors (Lipinski definition) is 3. The van der Waals surface area contributed by atoms with Crippen LogP contribution in [0.3, 0.4) is 0 Å². The Kier molecular flexibility index (Phi) is 4.99. The average molecular weight is 256 g/mol. The van der Waals surface area contributed by atoms with Crippen molar-refractivity contribution in [1.29, 1.82) is 0 Å². The number of hydrogen-bond donors (Lipinski definition) is 0. The van der Waals surface area contributed by atoms with Crippen molar-refractivity contribution in [2.24, 2.45) is 0 Å². The zero-order chi connectivity index (χ0) is 13.3. The van der Waals surface area contributed by atoms with Crippen LogP contribution < -0.4 is 4.74 Å². The molecule has 0 spiro atoms. The lowest BCUT2D eigenvalue weighted by atomic mass is 10.1. The molecule has 98 valence electrons. The van der Waals surface area contributed by atoms with Crippen LogP contribution in [0.25, 0.3) is 0 Å². The van der Waals surface area contributed by atoms with Gasteiger partial charge in [-0.1, -0.05) is 48.5 Å². The summed E-state index contributed by atoms with van der Waals surface area (Å²) in [5, 5.41) is 0. The van der Waals surface area contributed by atoms with E-state index >= 15 is 0 Å². The summed E-state index contributed by atoms with van der Waals surface area (Å²) in [4.78, 5) is 11.4. The quantitative estimate of drug-likeness (QED) is 0.463. The summed E-state index contributed by atoms with van der Waals surface area (Å²) < 4.78 is 10.0. The molecule has 0 amide bonds. The highest BCUT2D eigenvalue weighted by Gasteiger charge is 2.04. The molecule has 0 N–H and O–H groups in total. The molecular weight excluding hydrogens is 240 g/mol. The van der Waals surface area contributed by atoms with Gasteiger partial charge in [0.1, 0.15) is 5.75 Å². The van der Waals surface area contributed by atoms with Gasteiger partial charge in [-0.05, 0) is 30.5 Å². The maximum Gasteiger partial charge on any atom is 0.513 e. The lowest BCUT2D eigenvalue weighted by Crippen LogP contribution is -2.11. The van der Waals surface area contributed by atoms with E-state index in [1.165, 1.54) is 5.56 Å². The standard InChI is InChI=1S/C16H16O3/c17-16(19-15-11-5-2-6-12-15)18-13-7-10-14-8-3-1-4-9-14/h1-6,8-9,11-12H,7,10,13H2. The zero-order valence-electron chi connectivity index (χ0n) is 10.6. The predicted molar refractivity (Wildman–Crippen MR) is 73.2 cm³/mol. The SMILES string of the molecule is O=C(OCCCc1ccccc1)Oc1ccccc1. The summed E-state index contributed by atoms with van der Waals surface area (Å²) in [5.74, 6) is 0.496. The van der Waals surface area contributed by atoms with E-state index < -0.39 is 6.16 Å². The van der Waals surface area contributed by atoms with Gasteiger partial charge in [0.25, 0.3) is 0 Å². The summed E-state index contributed by atoms with van der Waals surface area (Å²) >= 11 is 0. The van der Waals surface area contributed by atoms with E-state index in [1.54, 1.807) is 24.3 Å². The summed E-state index contributed by atoms with van der Waals surface area (Å²) in [6.45, 7) is 0.362. The van der Waals surface area contributed by atoms with Crippen molar-refractivity contribution in [2.75, 3.05) is 6.61 Å². The summed E-state index contributed by atoms with van der Waals surface area (Å²) in [7, 11) is 0. The van der Waals surface area contributed by atoms with Crippen molar-refractivity contribution in [3.8, 4) is 5.75 Å². The fourth-order valence-electron chi connectivity index (χ4n) is 1.69. The number of carbonyl (C=O) groups excluding carboxylic acids is 1. The second-order valence-corrected chi connectivity index (χ2v) is 4.10. The molecule has 2 rings (SSSR count). The van der Waals surface area contributed by atoms with Crippen molar-refractivity contribution < 1.29 is 14.3 Å². The molecule has 3 nitrogen and oxygen atoms in total. The Bertz CT molecular complexity index is 494. The smallest absolute Gasteiger partial charge is 0.434 e. The zero-order valence-corrected chi connectivity index (χ0v) is 10.6. The molecule has 0 heterocycles. The van der Waals surface area contributed by atoms with Gasteiger partial charge in [-0.15, -0.1) is 0 Å². The third-order valence-corrected chi connectivity index (χ3v) is 2.62. The van der Waals surface area contributed by atoms with Gasteiger partial charge in [0.05, 0.1) is 6.61 Å². The van der Waals surface area contributed by atoms with Gasteiger partial charge in [0.15, 0.2) is 0 Å². The van der Waals surface area contributed by atoms with Crippen LogP contribution in [0.1, 0.15) is 12.0 Å². The molecule has 0 unspecified atom stereocenters. The van der Waals surface area contributed by atoms with Gasteiger partial charge in [-0.25, -0.2) is 4.79 Å². The molecule has 19 heavy (non-hydrogen) atoms. The minimum atomic E-state index is -0.653. The van der Waals surface area contributed by atoms with Crippen LogP contribution in [0.5, 0.6) is 5.75 Å². The number of para-hydroxylation sites is 1. The second kappa shape index (κ2) is 7.21. The molecule has 0 aliphatic carbocycles. The number of ether oxygens (including phenoxy) is 2. The minimum Gasteiger partial charge on any atom is -0.434 e. The molecule has 0 radical (unpaired) electrons. The Hall–Kier alpha value is -2.29. The Balaban J connectivity index is 1.65. The minimum absolute atomic E-state index is 0.362. The van der Waals surface area contributed by atoms with Crippen LogP contribution >= 0.6 is 0 Å². The first-order chi connectivity index (χ1) is 9.34. The maximum atomic E-state index is 11.4. The van der Waals surface area contributed by atoms with Crippen LogP contribution in [0, 0.1) is 0 Å². The van der Waals surface area contributed by atoms with E-state index in [9.17, 15) is 4.79 Å². The molecule has 0 atom stereocenters. The van der Waals surface area contributed by atoms with Crippen molar-refractivity contribution in [3.05, 3.63) is 66.2 Å². The van der Waals surface area contributed by atoms with E-state index in [0.717, 1.165) is 12.8 Å². The first kappa shape index (κ1) is 13.1. The van der Waals surface area contributed by atoms with Crippen molar-refractivity contribution in [2.45, 2.75) is 12.8 Å². The maximum absolute atomic E-state index is 11.4. The lowest BCUT2D eigenvalue weighted by Gasteiger charge is -2.05. The summed E-state index contributed by atoms with van der Waals surface area (Å²) in [6, 6.07) is 19.0. The Labute approximate surface area is 112 Å². The van der Waals surface area contributed by atoms with Crippen molar-refractivity contribution in [3.63, 3.8) is 0 Å². The molecule has 2 aromatic carbocycles. The largest absolute Gasteiger partial charge is 0.513 e. The monoisotopic (exact) mass is 256 g/mol. The van der Waals surface area contributed by atoms with Gasteiger partial charge >= 0.3 is 6.16 Å². The molecule has 0 fully saturated rings. The number of carbonyl (C=O) groups is 1. The molecule has 2 aromatic rings. The Morgan fingerprint density at radius 3 is 2.21 bits per heavy atom. The number of benzene rings is 2. The van der Waals surface area contributed by atoms with E-state index in [2.05, 4.69) is 12.1 Å². The van der Waals surface area contributed by atoms with E-state index in [-0.39, 0.29) is 0 Å². The molecule has 0 aliphatic rings. The van der Waals surface area contributed by atoms with E-state index in [4.69, 9.17) is 9.47 Å². The molecule has 0 saturated carbocycles. The second-order valence-electron chi connectivity index (χ2n) is 4.10. The molecule has 0 aliphatic heterocycles. The van der Waals surface area contributed by atoms with Crippen LogP contribution in [0.4, 0.5) is 4.79 Å². The topological polar surface area (TPSA) is 35.5 Å². The molecule has 3 heteroatoms. The first-order valence-electron chi connectivity index (χ1n) is 6.28. The normalized spacial score (nSPS) is 9.89. The Morgan fingerprint density at radius 2 is 1.53 bits per heavy atom. The molecular formula is C16H16O3. The van der Waals surface area contributed by atoms with Crippen LogP contribution in [0.15, 0.2) is 60.7 Å². The predicted octanol–water partition coefficient (Wildman–Crippen LogP) is 3.83. The third kappa shape index (κ3) is 4.84. The van der Waals surface area contributed by atoms with Gasteiger partial charge in [-0.3, -0.25) is 0 Å².